The summed E-state index contributed by atoms with van der Waals surface area (Å²) >= 11 is 0. The van der Waals surface area contributed by atoms with Crippen LogP contribution in [0.25, 0.3) is 0 Å². The number of nitrogens with one attached hydrogen (secondary N) is 1. The fourth-order valence-electron chi connectivity index (χ4n) is 2.61. The summed E-state index contributed by atoms with van der Waals surface area (Å²) in [6.07, 6.45) is 4.49. The van der Waals surface area contributed by atoms with Gasteiger partial charge in [0.1, 0.15) is 4.90 Å². The van der Waals surface area contributed by atoms with Gasteiger partial charge >= 0.3 is 0 Å². The second-order valence-electron chi connectivity index (χ2n) is 5.85. The van der Waals surface area contributed by atoms with Crippen molar-refractivity contribution in [1.82, 2.24) is 4.72 Å². The molecule has 1 fully saturated rings. The molecule has 0 unspecified atom stereocenters. The molecule has 0 aliphatic heterocycles. The highest BCUT2D eigenvalue weighted by atomic mass is 32.2. The van der Waals surface area contributed by atoms with Crippen molar-refractivity contribution in [2.24, 2.45) is 0 Å². The van der Waals surface area contributed by atoms with Gasteiger partial charge in [0, 0.05) is 11.8 Å². The fourth-order valence-corrected chi connectivity index (χ4v) is 4.96. The number of benzene rings is 1. The quantitative estimate of drug-likeness (QED) is 0.808. The van der Waals surface area contributed by atoms with Crippen molar-refractivity contribution in [3.05, 3.63) is 18.2 Å². The second kappa shape index (κ2) is 5.26. The molecule has 0 radical (unpaired) electrons. The van der Waals surface area contributed by atoms with Crippen molar-refractivity contribution in [1.29, 1.82) is 0 Å². The van der Waals surface area contributed by atoms with Gasteiger partial charge in [-0.25, -0.2) is 21.6 Å². The number of sulfone groups is 1. The highest BCUT2D eigenvalue weighted by molar-refractivity contribution is 7.91. The number of sulfonamides is 1. The van der Waals surface area contributed by atoms with Crippen LogP contribution in [-0.2, 0) is 19.9 Å². The maximum atomic E-state index is 12.5. The predicted molar refractivity (Wildman–Crippen MR) is 81.2 cm³/mol. The van der Waals surface area contributed by atoms with Gasteiger partial charge in [0.05, 0.1) is 10.6 Å². The zero-order chi connectivity index (χ0) is 15.9. The van der Waals surface area contributed by atoms with Crippen molar-refractivity contribution in [3.8, 4) is 0 Å². The van der Waals surface area contributed by atoms with Crippen molar-refractivity contribution in [2.75, 3.05) is 12.0 Å². The summed E-state index contributed by atoms with van der Waals surface area (Å²) in [5, 5.41) is 0. The Balaban J connectivity index is 2.44. The summed E-state index contributed by atoms with van der Waals surface area (Å²) in [5.74, 6) is 0. The number of rotatable bonds is 4. The molecule has 118 valence electrons. The van der Waals surface area contributed by atoms with Crippen molar-refractivity contribution in [3.63, 3.8) is 0 Å². The Kier molecular flexibility index (Phi) is 4.07. The maximum Gasteiger partial charge on any atom is 0.243 e. The molecular formula is C13H20N2O4S2. The largest absolute Gasteiger partial charge is 0.398 e. The number of nitrogens with two attached hydrogens (primary N) is 1. The molecule has 1 aliphatic carbocycles. The van der Waals surface area contributed by atoms with Gasteiger partial charge in [0.15, 0.2) is 9.84 Å². The van der Waals surface area contributed by atoms with Gasteiger partial charge < -0.3 is 5.73 Å². The van der Waals surface area contributed by atoms with E-state index < -0.39 is 25.4 Å². The monoisotopic (exact) mass is 332 g/mol. The highest BCUT2D eigenvalue weighted by Gasteiger charge is 2.34. The van der Waals surface area contributed by atoms with Crippen molar-refractivity contribution < 1.29 is 16.8 Å². The van der Waals surface area contributed by atoms with Crippen LogP contribution in [0.15, 0.2) is 28.0 Å². The van der Waals surface area contributed by atoms with Crippen molar-refractivity contribution in [2.45, 2.75) is 47.9 Å². The van der Waals surface area contributed by atoms with Crippen LogP contribution in [0.2, 0.25) is 0 Å². The summed E-state index contributed by atoms with van der Waals surface area (Å²) in [6, 6.07) is 3.73. The molecule has 0 heterocycles. The predicted octanol–water partition coefficient (Wildman–Crippen LogP) is 1.28. The van der Waals surface area contributed by atoms with Gasteiger partial charge in [-0.15, -0.1) is 0 Å². The first kappa shape index (κ1) is 16.3. The maximum absolute atomic E-state index is 12.5. The van der Waals surface area contributed by atoms with E-state index in [9.17, 15) is 16.8 Å². The van der Waals surface area contributed by atoms with Gasteiger partial charge in [-0.05, 0) is 38.0 Å². The average molecular weight is 332 g/mol. The Labute approximate surface area is 125 Å². The van der Waals surface area contributed by atoms with Crippen LogP contribution < -0.4 is 10.5 Å². The zero-order valence-electron chi connectivity index (χ0n) is 12.1. The Bertz CT molecular complexity index is 748. The molecule has 0 amide bonds. The van der Waals surface area contributed by atoms with E-state index in [1.807, 2.05) is 6.92 Å². The third-order valence-corrected chi connectivity index (χ3v) is 6.59. The van der Waals surface area contributed by atoms with Crippen molar-refractivity contribution >= 4 is 25.5 Å². The molecule has 21 heavy (non-hydrogen) atoms. The number of hydrogen-bond acceptors (Lipinski definition) is 5. The third kappa shape index (κ3) is 3.56. The lowest BCUT2D eigenvalue weighted by Crippen LogP contribution is -2.43. The molecule has 3 N–H and O–H groups in total. The summed E-state index contributed by atoms with van der Waals surface area (Å²) in [5.41, 5.74) is 5.27. The first-order valence-corrected chi connectivity index (χ1v) is 10.0. The van der Waals surface area contributed by atoms with E-state index in [0.29, 0.717) is 0 Å². The third-order valence-electron chi connectivity index (χ3n) is 3.79. The van der Waals surface area contributed by atoms with Gasteiger partial charge in [-0.2, -0.15) is 0 Å². The van der Waals surface area contributed by atoms with Crippen LogP contribution in [-0.4, -0.2) is 28.6 Å². The number of hydrogen-bond donors (Lipinski definition) is 2. The van der Waals surface area contributed by atoms with Crippen LogP contribution in [0, 0.1) is 0 Å². The zero-order valence-corrected chi connectivity index (χ0v) is 13.7. The molecule has 1 aliphatic rings. The number of nitrogen functional groups attached to an aromatic ring is 1. The molecule has 1 saturated carbocycles. The first-order chi connectivity index (χ1) is 9.54. The van der Waals surface area contributed by atoms with Crippen LogP contribution in [0.3, 0.4) is 0 Å². The molecule has 0 atom stereocenters. The highest BCUT2D eigenvalue weighted by Crippen LogP contribution is 2.32. The van der Waals surface area contributed by atoms with Crippen LogP contribution in [0.1, 0.15) is 32.6 Å². The summed E-state index contributed by atoms with van der Waals surface area (Å²) in [6.45, 7) is 1.86. The van der Waals surface area contributed by atoms with E-state index in [0.717, 1.165) is 38.0 Å². The van der Waals surface area contributed by atoms with Crippen LogP contribution >= 0.6 is 0 Å². The fraction of sp³-hybridized carbons (Fsp3) is 0.538. The van der Waals surface area contributed by atoms with E-state index >= 15 is 0 Å². The SMILES string of the molecule is CC1(NS(=O)(=O)c2cc(S(C)(=O)=O)ccc2N)CCCC1. The smallest absolute Gasteiger partial charge is 0.243 e. The minimum atomic E-state index is -3.86. The molecule has 0 saturated heterocycles. The van der Waals surface area contributed by atoms with Crippen LogP contribution in [0.5, 0.6) is 0 Å². The lowest BCUT2D eigenvalue weighted by Gasteiger charge is -2.25. The Morgan fingerprint density at radius 1 is 1.14 bits per heavy atom. The summed E-state index contributed by atoms with van der Waals surface area (Å²) in [7, 11) is -7.35. The van der Waals surface area contributed by atoms with Gasteiger partial charge in [0.2, 0.25) is 10.0 Å². The van der Waals surface area contributed by atoms with Gasteiger partial charge in [-0.3, -0.25) is 0 Å². The summed E-state index contributed by atoms with van der Waals surface area (Å²) < 4.78 is 50.8. The Morgan fingerprint density at radius 3 is 2.24 bits per heavy atom. The second-order valence-corrected chi connectivity index (χ2v) is 9.51. The Hall–Kier alpha value is -1.12. The minimum absolute atomic E-state index is 0.0384. The lowest BCUT2D eigenvalue weighted by molar-refractivity contribution is 0.427. The minimum Gasteiger partial charge on any atom is -0.398 e. The molecule has 0 spiro atoms. The molecule has 1 aromatic carbocycles. The standard InChI is InChI=1S/C13H20N2O4S2/c1-13(7-3-4-8-13)15-21(18,19)12-9-10(20(2,16)17)5-6-11(12)14/h5-6,9,15H,3-4,7-8,14H2,1-2H3. The van der Waals surface area contributed by atoms with E-state index in [4.69, 9.17) is 5.73 Å². The van der Waals surface area contributed by atoms with Gasteiger partial charge in [0.25, 0.3) is 0 Å². The molecule has 0 aromatic heterocycles. The molecular weight excluding hydrogens is 312 g/mol. The lowest BCUT2D eigenvalue weighted by atomic mass is 10.0. The Morgan fingerprint density at radius 2 is 1.71 bits per heavy atom. The molecule has 1 aromatic rings. The first-order valence-electron chi connectivity index (χ1n) is 6.67. The topological polar surface area (TPSA) is 106 Å². The molecule has 2 rings (SSSR count). The number of anilines is 1. The normalized spacial score (nSPS) is 18.8. The van der Waals surface area contributed by atoms with E-state index in [1.165, 1.54) is 12.1 Å². The summed E-state index contributed by atoms with van der Waals surface area (Å²) in [4.78, 5) is -0.243. The molecule has 0 bridgehead atoms. The average Bonchev–Trinajstić information content (AvgIpc) is 2.73. The van der Waals surface area contributed by atoms with Crippen LogP contribution in [0.4, 0.5) is 5.69 Å². The molecule has 6 nitrogen and oxygen atoms in total. The van der Waals surface area contributed by atoms with E-state index in [-0.39, 0.29) is 15.5 Å². The van der Waals surface area contributed by atoms with Gasteiger partial charge in [-0.1, -0.05) is 12.8 Å². The van der Waals surface area contributed by atoms with E-state index in [1.54, 1.807) is 0 Å². The molecule has 8 heteroatoms. The van der Waals surface area contributed by atoms with E-state index in [2.05, 4.69) is 4.72 Å².